The van der Waals surface area contributed by atoms with E-state index >= 15 is 0 Å². The van der Waals surface area contributed by atoms with Crippen molar-refractivity contribution in [1.29, 1.82) is 0 Å². The Hall–Kier alpha value is -0.930. The van der Waals surface area contributed by atoms with Gasteiger partial charge in [0.25, 0.3) is 0 Å². The number of rotatable bonds is 3. The molecule has 0 amide bonds. The Morgan fingerprint density at radius 1 is 1.25 bits per heavy atom. The second-order valence-electron chi connectivity index (χ2n) is 6.88. The molecule has 0 bridgehead atoms. The lowest BCUT2D eigenvalue weighted by Gasteiger charge is -2.41. The van der Waals surface area contributed by atoms with Crippen LogP contribution < -0.4 is 5.32 Å². The maximum atomic E-state index is 13.3. The summed E-state index contributed by atoms with van der Waals surface area (Å²) >= 11 is 0. The number of likely N-dealkylation sites (tertiary alicyclic amines) is 1. The molecule has 3 heteroatoms. The van der Waals surface area contributed by atoms with Crippen LogP contribution in [0.4, 0.5) is 4.39 Å². The molecule has 0 radical (unpaired) electrons. The molecule has 1 aliphatic rings. The first kappa shape index (κ1) is 15.5. The van der Waals surface area contributed by atoms with Crippen molar-refractivity contribution < 1.29 is 4.39 Å². The van der Waals surface area contributed by atoms with Gasteiger partial charge in [0.2, 0.25) is 0 Å². The maximum absolute atomic E-state index is 13.3. The summed E-state index contributed by atoms with van der Waals surface area (Å²) in [6.45, 7) is 11.2. The van der Waals surface area contributed by atoms with Gasteiger partial charge in [0.05, 0.1) is 0 Å². The van der Waals surface area contributed by atoms with Crippen molar-refractivity contribution in [3.63, 3.8) is 0 Å². The summed E-state index contributed by atoms with van der Waals surface area (Å²) in [4.78, 5) is 2.54. The van der Waals surface area contributed by atoms with Gasteiger partial charge in [-0.25, -0.2) is 4.39 Å². The summed E-state index contributed by atoms with van der Waals surface area (Å²) < 4.78 is 13.3. The molecule has 0 spiro atoms. The summed E-state index contributed by atoms with van der Waals surface area (Å²) in [7, 11) is 0. The number of nitrogens with one attached hydrogen (secondary N) is 1. The minimum absolute atomic E-state index is 0.154. The Balaban J connectivity index is 1.86. The van der Waals surface area contributed by atoms with E-state index in [0.29, 0.717) is 6.04 Å². The monoisotopic (exact) mass is 278 g/mol. The Bertz CT molecular complexity index is 431. The topological polar surface area (TPSA) is 15.3 Å². The van der Waals surface area contributed by atoms with Crippen molar-refractivity contribution in [3.05, 3.63) is 35.6 Å². The fraction of sp³-hybridized carbons (Fsp3) is 0.647. The molecule has 0 aromatic heterocycles. The summed E-state index contributed by atoms with van der Waals surface area (Å²) in [6, 6.07) is 7.64. The van der Waals surface area contributed by atoms with Crippen molar-refractivity contribution in [1.82, 2.24) is 10.2 Å². The van der Waals surface area contributed by atoms with E-state index in [4.69, 9.17) is 0 Å². The fourth-order valence-corrected chi connectivity index (χ4v) is 2.94. The van der Waals surface area contributed by atoms with Crippen molar-refractivity contribution in [3.8, 4) is 0 Å². The summed E-state index contributed by atoms with van der Waals surface area (Å²) in [5.74, 6) is -0.154. The van der Waals surface area contributed by atoms with Crippen LogP contribution in [-0.2, 0) is 0 Å². The Kier molecular flexibility index (Phi) is 4.82. The Labute approximate surface area is 122 Å². The quantitative estimate of drug-likeness (QED) is 0.906. The van der Waals surface area contributed by atoms with Crippen LogP contribution in [0.2, 0.25) is 0 Å². The van der Waals surface area contributed by atoms with Gasteiger partial charge in [-0.05, 0) is 58.2 Å². The average molecular weight is 278 g/mol. The van der Waals surface area contributed by atoms with Crippen LogP contribution in [0.5, 0.6) is 0 Å². The van der Waals surface area contributed by atoms with Crippen LogP contribution in [0.3, 0.4) is 0 Å². The van der Waals surface area contributed by atoms with Crippen molar-refractivity contribution in [2.24, 2.45) is 0 Å². The van der Waals surface area contributed by atoms with Crippen molar-refractivity contribution >= 4 is 0 Å². The molecule has 1 fully saturated rings. The molecule has 1 N–H and O–H groups in total. The third-order valence-corrected chi connectivity index (χ3v) is 4.28. The van der Waals surface area contributed by atoms with Crippen LogP contribution in [0.25, 0.3) is 0 Å². The second kappa shape index (κ2) is 6.23. The van der Waals surface area contributed by atoms with Gasteiger partial charge in [0.1, 0.15) is 5.82 Å². The van der Waals surface area contributed by atoms with E-state index in [0.717, 1.165) is 31.5 Å². The highest BCUT2D eigenvalue weighted by atomic mass is 19.1. The maximum Gasteiger partial charge on any atom is 0.123 e. The predicted octanol–water partition coefficient (Wildman–Crippen LogP) is 3.74. The standard InChI is InChI=1S/C17H27FN2/c1-13(14-6-5-7-15(18)12-14)19-16-8-10-20(11-9-16)17(2,3)4/h5-7,12-13,16,19H,8-11H2,1-4H3. The minimum Gasteiger partial charge on any atom is -0.307 e. The van der Waals surface area contributed by atoms with E-state index in [1.54, 1.807) is 12.1 Å². The van der Waals surface area contributed by atoms with Crippen LogP contribution in [0.15, 0.2) is 24.3 Å². The van der Waals surface area contributed by atoms with Gasteiger partial charge in [0, 0.05) is 30.7 Å². The van der Waals surface area contributed by atoms with E-state index in [9.17, 15) is 4.39 Å². The normalized spacial score (nSPS) is 20.1. The van der Waals surface area contributed by atoms with Gasteiger partial charge in [-0.3, -0.25) is 4.90 Å². The molecule has 20 heavy (non-hydrogen) atoms. The molecule has 2 rings (SSSR count). The van der Waals surface area contributed by atoms with Gasteiger partial charge in [-0.2, -0.15) is 0 Å². The van der Waals surface area contributed by atoms with E-state index in [2.05, 4.69) is 37.9 Å². The molecule has 1 heterocycles. The molecule has 112 valence electrons. The zero-order chi connectivity index (χ0) is 14.8. The number of hydrogen-bond acceptors (Lipinski definition) is 2. The molecule has 1 aromatic rings. The molecule has 1 aromatic carbocycles. The summed E-state index contributed by atoms with van der Waals surface area (Å²) in [5, 5.41) is 3.64. The van der Waals surface area contributed by atoms with E-state index in [1.165, 1.54) is 6.07 Å². The second-order valence-corrected chi connectivity index (χ2v) is 6.88. The van der Waals surface area contributed by atoms with Crippen molar-refractivity contribution in [2.45, 2.75) is 58.2 Å². The highest BCUT2D eigenvalue weighted by Crippen LogP contribution is 2.22. The molecule has 1 unspecified atom stereocenters. The first-order valence-electron chi connectivity index (χ1n) is 7.63. The van der Waals surface area contributed by atoms with Crippen LogP contribution in [0, 0.1) is 5.82 Å². The number of piperidine rings is 1. The first-order valence-corrected chi connectivity index (χ1v) is 7.63. The third-order valence-electron chi connectivity index (χ3n) is 4.28. The van der Waals surface area contributed by atoms with E-state index < -0.39 is 0 Å². The highest BCUT2D eigenvalue weighted by molar-refractivity contribution is 5.19. The van der Waals surface area contributed by atoms with E-state index in [1.807, 2.05) is 6.07 Å². The lowest BCUT2D eigenvalue weighted by molar-refractivity contribution is 0.0942. The zero-order valence-corrected chi connectivity index (χ0v) is 13.1. The van der Waals surface area contributed by atoms with Gasteiger partial charge >= 0.3 is 0 Å². The minimum atomic E-state index is -0.154. The number of hydrogen-bond donors (Lipinski definition) is 1. The van der Waals surface area contributed by atoms with Gasteiger partial charge < -0.3 is 5.32 Å². The van der Waals surface area contributed by atoms with Gasteiger partial charge in [-0.15, -0.1) is 0 Å². The molecular weight excluding hydrogens is 251 g/mol. The molecule has 1 atom stereocenters. The first-order chi connectivity index (χ1) is 9.36. The summed E-state index contributed by atoms with van der Waals surface area (Å²) in [5.41, 5.74) is 1.29. The molecule has 1 aliphatic heterocycles. The number of halogens is 1. The fourth-order valence-electron chi connectivity index (χ4n) is 2.94. The molecular formula is C17H27FN2. The van der Waals surface area contributed by atoms with Crippen LogP contribution in [0.1, 0.15) is 52.1 Å². The third kappa shape index (κ3) is 4.03. The molecule has 0 aliphatic carbocycles. The van der Waals surface area contributed by atoms with Gasteiger partial charge in [0.15, 0.2) is 0 Å². The Morgan fingerprint density at radius 3 is 2.45 bits per heavy atom. The van der Waals surface area contributed by atoms with Crippen molar-refractivity contribution in [2.75, 3.05) is 13.1 Å². The molecule has 2 nitrogen and oxygen atoms in total. The van der Waals surface area contributed by atoms with Gasteiger partial charge in [-0.1, -0.05) is 12.1 Å². The van der Waals surface area contributed by atoms with Crippen LogP contribution in [-0.4, -0.2) is 29.6 Å². The summed E-state index contributed by atoms with van der Waals surface area (Å²) in [6.07, 6.45) is 2.33. The highest BCUT2D eigenvalue weighted by Gasteiger charge is 2.27. The number of benzene rings is 1. The number of nitrogens with zero attached hydrogens (tertiary/aromatic N) is 1. The molecule has 0 saturated carbocycles. The smallest absolute Gasteiger partial charge is 0.123 e. The largest absolute Gasteiger partial charge is 0.307 e. The SMILES string of the molecule is CC(NC1CCN(C(C)(C)C)CC1)c1cccc(F)c1. The zero-order valence-electron chi connectivity index (χ0n) is 13.1. The average Bonchev–Trinajstić information content (AvgIpc) is 2.38. The van der Waals surface area contributed by atoms with E-state index in [-0.39, 0.29) is 17.4 Å². The Morgan fingerprint density at radius 2 is 1.90 bits per heavy atom. The van der Waals surface area contributed by atoms with Crippen LogP contribution >= 0.6 is 0 Å². The molecule has 1 saturated heterocycles. The predicted molar refractivity (Wildman–Crippen MR) is 82.3 cm³/mol. The lowest BCUT2D eigenvalue weighted by atomic mass is 9.97. The lowest BCUT2D eigenvalue weighted by Crippen LogP contribution is -2.50.